The lowest BCUT2D eigenvalue weighted by molar-refractivity contribution is -0.434. The predicted octanol–water partition coefficient (Wildman–Crippen LogP) is 3.11. The van der Waals surface area contributed by atoms with Gasteiger partial charge in [0.05, 0.1) is 32.3 Å². The summed E-state index contributed by atoms with van der Waals surface area (Å²) >= 11 is 0.235. The highest BCUT2D eigenvalue weighted by atomic mass is 32.2. The Kier molecular flexibility index (Phi) is 11.7. The Labute approximate surface area is 222 Å². The fourth-order valence-corrected chi connectivity index (χ4v) is 4.73. The SMILES string of the molecule is COc1cc(S(=O)(=O)CCOSOOO)c(OC)cc1N=Nc1ccc(NCS(=O)(=O)O)cc1NC(C)=O. The van der Waals surface area contributed by atoms with E-state index in [1.165, 1.54) is 51.5 Å². The number of hydrogen-bond acceptors (Lipinski definition) is 15. The molecule has 2 aromatic rings. The lowest BCUT2D eigenvalue weighted by Crippen LogP contribution is -2.13. The number of ether oxygens (including phenoxy) is 2. The topological polar surface area (TPSA) is 221 Å². The van der Waals surface area contributed by atoms with Crippen LogP contribution in [0.4, 0.5) is 22.7 Å². The van der Waals surface area contributed by atoms with Crippen LogP contribution in [0.1, 0.15) is 6.92 Å². The molecule has 0 aromatic heterocycles. The van der Waals surface area contributed by atoms with E-state index in [9.17, 15) is 21.6 Å². The molecule has 0 spiro atoms. The number of methoxy groups -OCH3 is 2. The van der Waals surface area contributed by atoms with Gasteiger partial charge in [0, 0.05) is 24.7 Å². The van der Waals surface area contributed by atoms with Gasteiger partial charge in [-0.25, -0.2) is 13.7 Å². The van der Waals surface area contributed by atoms with Crippen LogP contribution in [0.2, 0.25) is 0 Å². The van der Waals surface area contributed by atoms with Gasteiger partial charge in [-0.05, 0) is 18.2 Å². The van der Waals surface area contributed by atoms with Crippen LogP contribution in [0.25, 0.3) is 0 Å². The molecule has 2 rings (SSSR count). The van der Waals surface area contributed by atoms with Gasteiger partial charge in [-0.15, -0.1) is 14.6 Å². The molecule has 0 aliphatic heterocycles. The van der Waals surface area contributed by atoms with E-state index in [1.807, 2.05) is 0 Å². The van der Waals surface area contributed by atoms with Gasteiger partial charge in [-0.3, -0.25) is 13.5 Å². The number of anilines is 2. The maximum absolute atomic E-state index is 12.8. The summed E-state index contributed by atoms with van der Waals surface area (Å²) in [6.07, 6.45) is 0. The molecule has 0 saturated heterocycles. The fourth-order valence-electron chi connectivity index (χ4n) is 2.80. The number of nitrogens with zero attached hydrogens (tertiary/aromatic N) is 2. The summed E-state index contributed by atoms with van der Waals surface area (Å²) in [4.78, 5) is 11.4. The molecule has 2 aromatic carbocycles. The Morgan fingerprint density at radius 3 is 2.32 bits per heavy atom. The molecule has 1 amide bonds. The summed E-state index contributed by atoms with van der Waals surface area (Å²) in [6.45, 7) is 0.938. The second-order valence-electron chi connectivity index (χ2n) is 7.04. The van der Waals surface area contributed by atoms with E-state index in [-0.39, 0.29) is 58.1 Å². The molecule has 19 heteroatoms. The molecule has 0 bridgehead atoms. The van der Waals surface area contributed by atoms with Crippen LogP contribution >= 0.6 is 12.3 Å². The number of benzene rings is 2. The minimum absolute atomic E-state index is 0.0351. The lowest BCUT2D eigenvalue weighted by atomic mass is 10.2. The minimum atomic E-state index is -4.29. The van der Waals surface area contributed by atoms with Crippen molar-refractivity contribution in [1.29, 1.82) is 0 Å². The van der Waals surface area contributed by atoms with Gasteiger partial charge >= 0.3 is 0 Å². The van der Waals surface area contributed by atoms with Crippen molar-refractivity contribution in [2.45, 2.75) is 11.8 Å². The standard InChI is InChI=1S/C19H24N4O12S3/c1-12(24)21-15-8-13(20-11-38(28,29)30)4-5-14(15)22-23-16-9-18(32-3)19(10-17(16)31-2)37(26,27)7-6-33-36-35-34-25/h4-5,8-10,20,25H,6-7,11H2,1-3H3,(H,21,24)(H,28,29,30). The first-order valence-corrected chi connectivity index (χ1v) is 14.1. The number of carbonyl (C=O) groups excluding carboxylic acids is 1. The van der Waals surface area contributed by atoms with E-state index in [0.29, 0.717) is 0 Å². The van der Waals surface area contributed by atoms with E-state index < -0.39 is 37.5 Å². The molecule has 0 aliphatic rings. The van der Waals surface area contributed by atoms with Gasteiger partial charge in [0.25, 0.3) is 10.1 Å². The van der Waals surface area contributed by atoms with E-state index in [2.05, 4.69) is 30.2 Å². The normalized spacial score (nSPS) is 11.9. The highest BCUT2D eigenvalue weighted by Gasteiger charge is 2.23. The maximum Gasteiger partial charge on any atom is 0.283 e. The second kappa shape index (κ2) is 14.2. The van der Waals surface area contributed by atoms with Gasteiger partial charge in [-0.1, -0.05) is 5.04 Å². The Morgan fingerprint density at radius 1 is 1.03 bits per heavy atom. The zero-order chi connectivity index (χ0) is 28.3. The minimum Gasteiger partial charge on any atom is -0.495 e. The molecule has 0 fully saturated rings. The van der Waals surface area contributed by atoms with Crippen LogP contribution in [0.15, 0.2) is 45.5 Å². The van der Waals surface area contributed by atoms with E-state index in [4.69, 9.17) is 23.5 Å². The Balaban J connectivity index is 2.38. The summed E-state index contributed by atoms with van der Waals surface area (Å²) in [7, 11) is -5.68. The van der Waals surface area contributed by atoms with Crippen LogP contribution in [-0.2, 0) is 38.3 Å². The van der Waals surface area contributed by atoms with Gasteiger partial charge in [-0.2, -0.15) is 8.42 Å². The first-order valence-electron chi connectivity index (χ1n) is 10.2. The van der Waals surface area contributed by atoms with Crippen LogP contribution in [0, 0.1) is 0 Å². The van der Waals surface area contributed by atoms with Crippen molar-refractivity contribution in [3.8, 4) is 11.5 Å². The quantitative estimate of drug-likeness (QED) is 0.0579. The summed E-state index contributed by atoms with van der Waals surface area (Å²) in [5, 5.41) is 24.6. The van der Waals surface area contributed by atoms with Crippen molar-refractivity contribution >= 4 is 60.9 Å². The van der Waals surface area contributed by atoms with Gasteiger partial charge in [0.1, 0.15) is 33.6 Å². The van der Waals surface area contributed by atoms with Gasteiger partial charge < -0.3 is 20.1 Å². The van der Waals surface area contributed by atoms with Crippen LogP contribution in [0.3, 0.4) is 0 Å². The molecule has 16 nitrogen and oxygen atoms in total. The summed E-state index contributed by atoms with van der Waals surface area (Å²) < 4.78 is 75.8. The van der Waals surface area contributed by atoms with Crippen LogP contribution in [0.5, 0.6) is 11.5 Å². The molecule has 0 atom stereocenters. The molecule has 4 N–H and O–H groups in total. The number of rotatable bonds is 15. The Bertz CT molecular complexity index is 1370. The first-order chi connectivity index (χ1) is 17.9. The second-order valence-corrected chi connectivity index (χ2v) is 11.1. The monoisotopic (exact) mass is 596 g/mol. The van der Waals surface area contributed by atoms with Gasteiger partial charge in [0.15, 0.2) is 22.2 Å². The van der Waals surface area contributed by atoms with Crippen molar-refractivity contribution in [2.75, 3.05) is 43.1 Å². The highest BCUT2D eigenvalue weighted by molar-refractivity contribution is 7.91. The zero-order valence-corrected chi connectivity index (χ0v) is 22.6. The van der Waals surface area contributed by atoms with Crippen molar-refractivity contribution in [3.63, 3.8) is 0 Å². The smallest absolute Gasteiger partial charge is 0.283 e. The molecule has 0 unspecified atom stereocenters. The van der Waals surface area contributed by atoms with Crippen LogP contribution in [-0.4, -0.2) is 65.0 Å². The number of carbonyl (C=O) groups is 1. The van der Waals surface area contributed by atoms with E-state index in [1.54, 1.807) is 0 Å². The Hall–Kier alpha value is -3.04. The molecule has 38 heavy (non-hydrogen) atoms. The van der Waals surface area contributed by atoms with Crippen LogP contribution < -0.4 is 20.1 Å². The number of sulfone groups is 1. The Morgan fingerprint density at radius 2 is 1.71 bits per heavy atom. The average molecular weight is 597 g/mol. The number of amides is 1. The summed E-state index contributed by atoms with van der Waals surface area (Å²) in [5.74, 6) is -1.70. The lowest BCUT2D eigenvalue weighted by Gasteiger charge is -2.13. The average Bonchev–Trinajstić information content (AvgIpc) is 2.85. The third-order valence-electron chi connectivity index (χ3n) is 4.37. The third-order valence-corrected chi connectivity index (χ3v) is 6.96. The molecule has 0 aliphatic carbocycles. The highest BCUT2D eigenvalue weighted by Crippen LogP contribution is 2.39. The third kappa shape index (κ3) is 9.68. The van der Waals surface area contributed by atoms with Crippen molar-refractivity contribution in [2.24, 2.45) is 10.2 Å². The fraction of sp³-hybridized carbons (Fsp3) is 0.316. The molecule has 0 heterocycles. The van der Waals surface area contributed by atoms with E-state index >= 15 is 0 Å². The van der Waals surface area contributed by atoms with E-state index in [0.717, 1.165) is 0 Å². The molecular formula is C19H24N4O12S3. The van der Waals surface area contributed by atoms with Gasteiger partial charge in [0.2, 0.25) is 5.91 Å². The molecule has 0 radical (unpaired) electrons. The maximum atomic E-state index is 12.8. The molecule has 210 valence electrons. The number of nitrogens with one attached hydrogen (secondary N) is 2. The molecule has 0 saturated carbocycles. The summed E-state index contributed by atoms with van der Waals surface area (Å²) in [6, 6.07) is 6.73. The van der Waals surface area contributed by atoms with Crippen molar-refractivity contribution in [1.82, 2.24) is 0 Å². The number of hydrogen-bond donors (Lipinski definition) is 4. The number of azo groups is 1. The largest absolute Gasteiger partial charge is 0.495 e. The molecular weight excluding hydrogens is 572 g/mol. The summed E-state index contributed by atoms with van der Waals surface area (Å²) in [5.41, 5.74) is 0.683. The van der Waals surface area contributed by atoms with Crippen molar-refractivity contribution in [3.05, 3.63) is 30.3 Å². The zero-order valence-electron chi connectivity index (χ0n) is 20.1. The first kappa shape index (κ1) is 31.2. The predicted molar refractivity (Wildman–Crippen MR) is 135 cm³/mol. The van der Waals surface area contributed by atoms with Crippen molar-refractivity contribution < 1.29 is 54.5 Å².